The molecule has 0 saturated carbocycles. The van der Waals surface area contributed by atoms with E-state index in [4.69, 9.17) is 19.4 Å². The largest absolute Gasteiger partial charge is 0.382 e. The molecule has 5 nitrogen and oxygen atoms in total. The highest BCUT2D eigenvalue weighted by atomic mass is 16.5. The van der Waals surface area contributed by atoms with Gasteiger partial charge < -0.3 is 14.0 Å². The monoisotopic (exact) mass is 395 g/mol. The van der Waals surface area contributed by atoms with Gasteiger partial charge >= 0.3 is 0 Å². The van der Waals surface area contributed by atoms with E-state index in [1.165, 1.54) is 0 Å². The Kier molecular flexibility index (Phi) is 6.70. The van der Waals surface area contributed by atoms with Crippen LogP contribution in [0.15, 0.2) is 24.4 Å². The first-order valence-corrected chi connectivity index (χ1v) is 10.4. The van der Waals surface area contributed by atoms with Crippen molar-refractivity contribution in [2.45, 2.75) is 53.0 Å². The summed E-state index contributed by atoms with van der Waals surface area (Å²) in [5.74, 6) is 0.417. The number of ether oxygens (including phenoxy) is 2. The van der Waals surface area contributed by atoms with Crippen LogP contribution < -0.4 is 0 Å². The average Bonchev–Trinajstić information content (AvgIpc) is 3.02. The molecule has 0 atom stereocenters. The molecule has 0 saturated heterocycles. The first-order valence-electron chi connectivity index (χ1n) is 10.4. The molecular weight excluding hydrogens is 362 g/mol. The minimum absolute atomic E-state index is 0.117. The number of methoxy groups -OCH3 is 2. The molecule has 156 valence electrons. The van der Waals surface area contributed by atoms with Crippen molar-refractivity contribution in [2.75, 3.05) is 27.4 Å². The summed E-state index contributed by atoms with van der Waals surface area (Å²) < 4.78 is 13.1. The lowest BCUT2D eigenvalue weighted by Gasteiger charge is -2.19. The summed E-state index contributed by atoms with van der Waals surface area (Å²) in [5.41, 5.74) is 8.85. The van der Waals surface area contributed by atoms with Crippen molar-refractivity contribution in [3.05, 3.63) is 46.9 Å². The van der Waals surface area contributed by atoms with Crippen LogP contribution in [0.3, 0.4) is 0 Å². The third-order valence-electron chi connectivity index (χ3n) is 5.47. The van der Waals surface area contributed by atoms with Crippen molar-refractivity contribution in [1.29, 1.82) is 0 Å². The molecule has 3 heterocycles. The van der Waals surface area contributed by atoms with Crippen molar-refractivity contribution in [3.63, 3.8) is 0 Å². The molecule has 0 aliphatic carbocycles. The van der Waals surface area contributed by atoms with Crippen LogP contribution in [0.4, 0.5) is 0 Å². The van der Waals surface area contributed by atoms with Crippen molar-refractivity contribution in [2.24, 2.45) is 0 Å². The fourth-order valence-corrected chi connectivity index (χ4v) is 3.92. The van der Waals surface area contributed by atoms with E-state index in [1.807, 2.05) is 0 Å². The first-order chi connectivity index (χ1) is 13.9. The van der Waals surface area contributed by atoms with Gasteiger partial charge in [0.1, 0.15) is 0 Å². The first kappa shape index (κ1) is 21.5. The van der Waals surface area contributed by atoms with E-state index < -0.39 is 0 Å². The molecule has 0 bridgehead atoms. The van der Waals surface area contributed by atoms with Crippen molar-refractivity contribution in [3.8, 4) is 11.3 Å². The quantitative estimate of drug-likeness (QED) is 0.524. The second kappa shape index (κ2) is 9.06. The Morgan fingerprint density at radius 2 is 1.69 bits per heavy atom. The summed E-state index contributed by atoms with van der Waals surface area (Å²) in [5, 5.41) is 0. The number of pyridine rings is 2. The van der Waals surface area contributed by atoms with Crippen LogP contribution in [0.2, 0.25) is 0 Å². The van der Waals surface area contributed by atoms with Crippen LogP contribution in [0.25, 0.3) is 22.3 Å². The fraction of sp³-hybridized carbons (Fsp3) is 0.500. The normalized spacial score (nSPS) is 11.9. The standard InChI is InChI=1S/C24H33N3O2/c1-8-20-19(9-10-21(25-20)15(2)3)23-16(4)11-22-24(26-23)17(5)12-27(22)18(13-28-6)14-29-7/h9-12,15,18H,8,13-14H2,1-7H3. The summed E-state index contributed by atoms with van der Waals surface area (Å²) in [4.78, 5) is 10.0. The number of aryl methyl sites for hydroxylation is 3. The van der Waals surface area contributed by atoms with E-state index in [0.717, 1.165) is 51.2 Å². The molecule has 0 N–H and O–H groups in total. The maximum Gasteiger partial charge on any atom is 0.0917 e. The second-order valence-electron chi connectivity index (χ2n) is 8.04. The van der Waals surface area contributed by atoms with E-state index in [-0.39, 0.29) is 6.04 Å². The van der Waals surface area contributed by atoms with E-state index in [1.54, 1.807) is 14.2 Å². The lowest BCUT2D eigenvalue weighted by atomic mass is 10.0. The van der Waals surface area contributed by atoms with E-state index in [2.05, 4.69) is 63.6 Å². The SMILES string of the molecule is CCc1nc(C(C)C)ccc1-c1nc2c(C)cn(C(COC)COC)c2cc1C. The third kappa shape index (κ3) is 4.21. The zero-order valence-electron chi connectivity index (χ0n) is 18.7. The highest BCUT2D eigenvalue weighted by Gasteiger charge is 2.19. The predicted molar refractivity (Wildman–Crippen MR) is 119 cm³/mol. The number of aromatic nitrogens is 3. The van der Waals surface area contributed by atoms with Gasteiger partial charge in [-0.3, -0.25) is 4.98 Å². The number of nitrogens with zero attached hydrogens (tertiary/aromatic N) is 3. The third-order valence-corrected chi connectivity index (χ3v) is 5.47. The Bertz CT molecular complexity index is 985. The van der Waals surface area contributed by atoms with Crippen molar-refractivity contribution < 1.29 is 9.47 Å². The molecule has 0 radical (unpaired) electrons. The molecule has 0 aliphatic rings. The second-order valence-corrected chi connectivity index (χ2v) is 8.04. The summed E-state index contributed by atoms with van der Waals surface area (Å²) in [6.07, 6.45) is 3.04. The fourth-order valence-electron chi connectivity index (χ4n) is 3.92. The average molecular weight is 396 g/mol. The van der Waals surface area contributed by atoms with E-state index >= 15 is 0 Å². The smallest absolute Gasteiger partial charge is 0.0917 e. The highest BCUT2D eigenvalue weighted by molar-refractivity contribution is 5.84. The molecule has 0 spiro atoms. The molecule has 0 amide bonds. The highest BCUT2D eigenvalue weighted by Crippen LogP contribution is 2.32. The van der Waals surface area contributed by atoms with Gasteiger partial charge in [0.05, 0.1) is 36.0 Å². The number of fused-ring (bicyclic) bond motifs is 1. The molecule has 5 heteroatoms. The lowest BCUT2D eigenvalue weighted by molar-refractivity contribution is 0.0913. The molecule has 0 unspecified atom stereocenters. The van der Waals surface area contributed by atoms with Crippen LogP contribution in [-0.4, -0.2) is 42.0 Å². The van der Waals surface area contributed by atoms with Gasteiger partial charge in [-0.05, 0) is 55.5 Å². The zero-order chi connectivity index (χ0) is 21.1. The zero-order valence-corrected chi connectivity index (χ0v) is 18.7. The topological polar surface area (TPSA) is 49.2 Å². The van der Waals surface area contributed by atoms with Gasteiger partial charge in [-0.25, -0.2) is 4.98 Å². The van der Waals surface area contributed by atoms with Crippen LogP contribution in [-0.2, 0) is 15.9 Å². The van der Waals surface area contributed by atoms with Crippen LogP contribution in [0.5, 0.6) is 0 Å². The van der Waals surface area contributed by atoms with Gasteiger partial charge in [0.15, 0.2) is 0 Å². The van der Waals surface area contributed by atoms with Crippen molar-refractivity contribution >= 4 is 11.0 Å². The Morgan fingerprint density at radius 1 is 1.00 bits per heavy atom. The number of rotatable bonds is 8. The molecule has 29 heavy (non-hydrogen) atoms. The molecule has 0 aliphatic heterocycles. The molecule has 0 aromatic carbocycles. The van der Waals surface area contributed by atoms with Gasteiger partial charge in [-0.15, -0.1) is 0 Å². The summed E-state index contributed by atoms with van der Waals surface area (Å²) in [6.45, 7) is 12.0. The van der Waals surface area contributed by atoms with E-state index in [0.29, 0.717) is 19.1 Å². The minimum atomic E-state index is 0.117. The molecular formula is C24H33N3O2. The van der Waals surface area contributed by atoms with E-state index in [9.17, 15) is 0 Å². The lowest BCUT2D eigenvalue weighted by Crippen LogP contribution is -2.19. The Balaban J connectivity index is 2.15. The molecule has 3 aromatic heterocycles. The summed E-state index contributed by atoms with van der Waals surface area (Å²) in [7, 11) is 3.45. The van der Waals surface area contributed by atoms with Crippen LogP contribution >= 0.6 is 0 Å². The summed E-state index contributed by atoms with van der Waals surface area (Å²) >= 11 is 0. The molecule has 3 rings (SSSR count). The van der Waals surface area contributed by atoms with Crippen LogP contribution in [0.1, 0.15) is 55.2 Å². The van der Waals surface area contributed by atoms with Gasteiger partial charge in [-0.1, -0.05) is 20.8 Å². The predicted octanol–water partition coefficient (Wildman–Crippen LogP) is 5.23. The Labute approximate surface area is 174 Å². The van der Waals surface area contributed by atoms with Gasteiger partial charge in [0.2, 0.25) is 0 Å². The van der Waals surface area contributed by atoms with Gasteiger partial charge in [0.25, 0.3) is 0 Å². The maximum atomic E-state index is 5.42. The number of hydrogen-bond acceptors (Lipinski definition) is 4. The summed E-state index contributed by atoms with van der Waals surface area (Å²) in [6, 6.07) is 6.67. The van der Waals surface area contributed by atoms with Crippen molar-refractivity contribution in [1.82, 2.24) is 14.5 Å². The minimum Gasteiger partial charge on any atom is -0.382 e. The van der Waals surface area contributed by atoms with Gasteiger partial charge in [0, 0.05) is 37.4 Å². The Hall–Kier alpha value is -2.24. The molecule has 3 aromatic rings. The number of hydrogen-bond donors (Lipinski definition) is 0. The molecule has 0 fully saturated rings. The Morgan fingerprint density at radius 3 is 2.28 bits per heavy atom. The van der Waals surface area contributed by atoms with Gasteiger partial charge in [-0.2, -0.15) is 0 Å². The maximum absolute atomic E-state index is 5.42. The van der Waals surface area contributed by atoms with Crippen LogP contribution in [0, 0.1) is 13.8 Å².